The van der Waals surface area contributed by atoms with E-state index >= 15 is 0 Å². The number of carbonyl (C=O) groups excluding carboxylic acids is 1. The highest BCUT2D eigenvalue weighted by atomic mass is 32.2. The minimum atomic E-state index is -0.0430. The molecule has 1 aliphatic heterocycles. The van der Waals surface area contributed by atoms with E-state index in [-0.39, 0.29) is 11.9 Å². The molecule has 1 saturated heterocycles. The van der Waals surface area contributed by atoms with E-state index in [2.05, 4.69) is 10.3 Å². The lowest BCUT2D eigenvalue weighted by molar-refractivity contribution is -0.132. The summed E-state index contributed by atoms with van der Waals surface area (Å²) >= 11 is 1.83. The number of likely N-dealkylation sites (N-methyl/N-ethyl adjacent to an activating group) is 1. The number of aromatic nitrogens is 1. The van der Waals surface area contributed by atoms with Crippen molar-refractivity contribution in [1.29, 1.82) is 0 Å². The summed E-state index contributed by atoms with van der Waals surface area (Å²) in [5, 5.41) is 3.26. The number of carbonyl (C=O) groups is 1. The summed E-state index contributed by atoms with van der Waals surface area (Å²) in [4.78, 5) is 18.4. The lowest BCUT2D eigenvalue weighted by atomic mass is 10.2. The van der Waals surface area contributed by atoms with Crippen LogP contribution in [0.3, 0.4) is 0 Å². The molecule has 98 valence electrons. The summed E-state index contributed by atoms with van der Waals surface area (Å²) in [5.41, 5.74) is 1.93. The summed E-state index contributed by atoms with van der Waals surface area (Å²) in [6.45, 7) is 3.45. The number of rotatable bonds is 3. The Labute approximate surface area is 112 Å². The molecule has 0 spiro atoms. The Balaban J connectivity index is 1.94. The summed E-state index contributed by atoms with van der Waals surface area (Å²) in [6, 6.07) is 5.85. The molecule has 0 bridgehead atoms. The fourth-order valence-corrected chi connectivity index (χ4v) is 2.92. The molecule has 1 unspecified atom stereocenters. The van der Waals surface area contributed by atoms with Gasteiger partial charge in [-0.25, -0.2) is 0 Å². The van der Waals surface area contributed by atoms with Gasteiger partial charge in [0.15, 0.2) is 0 Å². The molecular formula is C13H19N3OS. The zero-order valence-electron chi connectivity index (χ0n) is 10.8. The van der Waals surface area contributed by atoms with Gasteiger partial charge in [0, 0.05) is 30.8 Å². The Hall–Kier alpha value is -1.07. The quantitative estimate of drug-likeness (QED) is 0.887. The van der Waals surface area contributed by atoms with Crippen LogP contribution < -0.4 is 5.32 Å². The first-order valence-corrected chi connectivity index (χ1v) is 7.31. The van der Waals surface area contributed by atoms with Crippen molar-refractivity contribution in [2.24, 2.45) is 0 Å². The van der Waals surface area contributed by atoms with E-state index in [9.17, 15) is 4.79 Å². The highest BCUT2D eigenvalue weighted by Crippen LogP contribution is 2.11. The molecule has 4 nitrogen and oxygen atoms in total. The van der Waals surface area contributed by atoms with Crippen LogP contribution in [0.15, 0.2) is 18.2 Å². The van der Waals surface area contributed by atoms with E-state index in [1.54, 1.807) is 4.90 Å². The van der Waals surface area contributed by atoms with Gasteiger partial charge < -0.3 is 10.2 Å². The third kappa shape index (κ3) is 3.46. The number of nitrogens with one attached hydrogen (secondary N) is 1. The summed E-state index contributed by atoms with van der Waals surface area (Å²) in [7, 11) is 1.84. The van der Waals surface area contributed by atoms with Gasteiger partial charge in [-0.3, -0.25) is 9.78 Å². The van der Waals surface area contributed by atoms with E-state index in [1.807, 2.05) is 43.9 Å². The van der Waals surface area contributed by atoms with Gasteiger partial charge in [0.05, 0.1) is 18.3 Å². The zero-order chi connectivity index (χ0) is 13.0. The van der Waals surface area contributed by atoms with E-state index in [1.165, 1.54) is 0 Å². The predicted molar refractivity (Wildman–Crippen MR) is 74.6 cm³/mol. The van der Waals surface area contributed by atoms with Gasteiger partial charge >= 0.3 is 0 Å². The molecule has 1 aromatic rings. The van der Waals surface area contributed by atoms with Crippen molar-refractivity contribution < 1.29 is 4.79 Å². The Morgan fingerprint density at radius 2 is 2.44 bits per heavy atom. The minimum absolute atomic E-state index is 0.0430. The van der Waals surface area contributed by atoms with Crippen molar-refractivity contribution in [3.05, 3.63) is 29.6 Å². The molecule has 1 aromatic heterocycles. The molecule has 18 heavy (non-hydrogen) atoms. The number of thioether (sulfide) groups is 1. The van der Waals surface area contributed by atoms with Crippen molar-refractivity contribution >= 4 is 17.7 Å². The Kier molecular flexibility index (Phi) is 4.60. The second-order valence-corrected chi connectivity index (χ2v) is 5.70. The fraction of sp³-hybridized carbons (Fsp3) is 0.538. The molecule has 1 aliphatic rings. The predicted octanol–water partition coefficient (Wildman–Crippen LogP) is 1.05. The Morgan fingerprint density at radius 3 is 3.11 bits per heavy atom. The van der Waals surface area contributed by atoms with Gasteiger partial charge in [-0.05, 0) is 19.1 Å². The van der Waals surface area contributed by atoms with Crippen molar-refractivity contribution in [1.82, 2.24) is 15.2 Å². The number of amides is 1. The van der Waals surface area contributed by atoms with Crippen molar-refractivity contribution in [2.45, 2.75) is 19.5 Å². The van der Waals surface area contributed by atoms with E-state index in [4.69, 9.17) is 0 Å². The van der Waals surface area contributed by atoms with Gasteiger partial charge in [0.25, 0.3) is 0 Å². The molecule has 5 heteroatoms. The van der Waals surface area contributed by atoms with Crippen molar-refractivity contribution in [3.8, 4) is 0 Å². The van der Waals surface area contributed by atoms with Crippen LogP contribution in [0, 0.1) is 6.92 Å². The molecule has 2 heterocycles. The zero-order valence-corrected chi connectivity index (χ0v) is 11.7. The highest BCUT2D eigenvalue weighted by Gasteiger charge is 2.24. The van der Waals surface area contributed by atoms with Crippen LogP contribution in [0.1, 0.15) is 11.4 Å². The van der Waals surface area contributed by atoms with E-state index < -0.39 is 0 Å². The SMILES string of the molecule is Cc1cccc(CN(C)C(=O)C2CSCCN2)n1. The molecule has 0 radical (unpaired) electrons. The number of hydrogen-bond acceptors (Lipinski definition) is 4. The van der Waals surface area contributed by atoms with Crippen LogP contribution in [0.25, 0.3) is 0 Å². The van der Waals surface area contributed by atoms with Crippen molar-refractivity contribution in [3.63, 3.8) is 0 Å². The monoisotopic (exact) mass is 265 g/mol. The second kappa shape index (κ2) is 6.20. The molecular weight excluding hydrogens is 246 g/mol. The standard InChI is InChI=1S/C13H19N3OS/c1-10-4-3-5-11(15-10)8-16(2)13(17)12-9-18-7-6-14-12/h3-5,12,14H,6-9H2,1-2H3. The molecule has 1 atom stereocenters. The van der Waals surface area contributed by atoms with Crippen LogP contribution in [0.4, 0.5) is 0 Å². The summed E-state index contributed by atoms with van der Waals surface area (Å²) in [6.07, 6.45) is 0. The molecule has 0 aromatic carbocycles. The van der Waals surface area contributed by atoms with Gasteiger partial charge in [-0.15, -0.1) is 0 Å². The maximum Gasteiger partial charge on any atom is 0.240 e. The van der Waals surface area contributed by atoms with Gasteiger partial charge in [-0.2, -0.15) is 11.8 Å². The molecule has 2 rings (SSSR count). The van der Waals surface area contributed by atoms with Gasteiger partial charge in [-0.1, -0.05) is 6.07 Å². The third-order valence-corrected chi connectivity index (χ3v) is 4.00. The molecule has 1 fully saturated rings. The van der Waals surface area contributed by atoms with E-state index in [0.717, 1.165) is 29.4 Å². The average molecular weight is 265 g/mol. The second-order valence-electron chi connectivity index (χ2n) is 4.55. The average Bonchev–Trinajstić information content (AvgIpc) is 2.39. The number of nitrogens with zero attached hydrogens (tertiary/aromatic N) is 2. The first-order valence-electron chi connectivity index (χ1n) is 6.15. The molecule has 1 N–H and O–H groups in total. The topological polar surface area (TPSA) is 45.2 Å². The molecule has 0 aliphatic carbocycles. The fourth-order valence-electron chi connectivity index (χ4n) is 2.00. The summed E-state index contributed by atoms with van der Waals surface area (Å²) < 4.78 is 0. The first-order chi connectivity index (χ1) is 8.66. The highest BCUT2D eigenvalue weighted by molar-refractivity contribution is 7.99. The summed E-state index contributed by atoms with van der Waals surface area (Å²) in [5.74, 6) is 2.11. The molecule has 1 amide bonds. The number of hydrogen-bond donors (Lipinski definition) is 1. The van der Waals surface area contributed by atoms with Crippen LogP contribution in [0.5, 0.6) is 0 Å². The number of aryl methyl sites for hydroxylation is 1. The molecule has 0 saturated carbocycles. The smallest absolute Gasteiger partial charge is 0.240 e. The number of pyridine rings is 1. The van der Waals surface area contributed by atoms with Crippen LogP contribution in [-0.4, -0.2) is 46.9 Å². The van der Waals surface area contributed by atoms with E-state index in [0.29, 0.717) is 6.54 Å². The maximum absolute atomic E-state index is 12.2. The van der Waals surface area contributed by atoms with Crippen LogP contribution in [0.2, 0.25) is 0 Å². The normalized spacial score (nSPS) is 19.6. The Bertz CT molecular complexity index is 418. The lowest BCUT2D eigenvalue weighted by Gasteiger charge is -2.27. The van der Waals surface area contributed by atoms with Crippen LogP contribution >= 0.6 is 11.8 Å². The third-order valence-electron chi connectivity index (χ3n) is 2.94. The largest absolute Gasteiger partial charge is 0.338 e. The Morgan fingerprint density at radius 1 is 1.61 bits per heavy atom. The van der Waals surface area contributed by atoms with Crippen LogP contribution in [-0.2, 0) is 11.3 Å². The van der Waals surface area contributed by atoms with Gasteiger partial charge in [0.2, 0.25) is 5.91 Å². The lowest BCUT2D eigenvalue weighted by Crippen LogP contribution is -2.49. The van der Waals surface area contributed by atoms with Crippen molar-refractivity contribution in [2.75, 3.05) is 25.1 Å². The van der Waals surface area contributed by atoms with Gasteiger partial charge in [0.1, 0.15) is 0 Å². The maximum atomic E-state index is 12.2. The minimum Gasteiger partial charge on any atom is -0.338 e. The first kappa shape index (κ1) is 13.4.